The van der Waals surface area contributed by atoms with Gasteiger partial charge in [0.05, 0.1) is 6.04 Å². The van der Waals surface area contributed by atoms with Crippen molar-refractivity contribution in [2.45, 2.75) is 25.3 Å². The molecule has 0 bridgehead atoms. The Morgan fingerprint density at radius 3 is 2.81 bits per heavy atom. The van der Waals surface area contributed by atoms with Gasteiger partial charge >= 0.3 is 0 Å². The van der Waals surface area contributed by atoms with Crippen LogP contribution in [0.2, 0.25) is 5.02 Å². The summed E-state index contributed by atoms with van der Waals surface area (Å²) in [6.45, 7) is 0.893. The molecule has 0 radical (unpaired) electrons. The van der Waals surface area contributed by atoms with Gasteiger partial charge in [0.1, 0.15) is 5.01 Å². The van der Waals surface area contributed by atoms with Gasteiger partial charge < -0.3 is 5.32 Å². The number of hydrogen-bond donors (Lipinski definition) is 2. The van der Waals surface area contributed by atoms with Gasteiger partial charge in [0.2, 0.25) is 11.0 Å². The predicted octanol–water partition coefficient (Wildman–Crippen LogP) is 2.94. The summed E-state index contributed by atoms with van der Waals surface area (Å²) < 4.78 is 0. The maximum atomic E-state index is 12.1. The van der Waals surface area contributed by atoms with Gasteiger partial charge in [-0.2, -0.15) is 0 Å². The molecule has 1 aliphatic rings. The minimum absolute atomic E-state index is 0.0338. The zero-order chi connectivity index (χ0) is 14.7. The van der Waals surface area contributed by atoms with E-state index in [-0.39, 0.29) is 11.9 Å². The van der Waals surface area contributed by atoms with Crippen molar-refractivity contribution in [1.82, 2.24) is 15.5 Å². The fraction of sp³-hybridized carbons (Fsp3) is 0.357. The van der Waals surface area contributed by atoms with Crippen molar-refractivity contribution in [3.05, 3.63) is 29.3 Å². The van der Waals surface area contributed by atoms with E-state index in [9.17, 15) is 4.79 Å². The van der Waals surface area contributed by atoms with Crippen LogP contribution in [0.25, 0.3) is 10.6 Å². The van der Waals surface area contributed by atoms with Gasteiger partial charge in [0.25, 0.3) is 0 Å². The highest BCUT2D eigenvalue weighted by Crippen LogP contribution is 2.27. The lowest BCUT2D eigenvalue weighted by molar-refractivity contribution is -0.118. The number of nitrogens with one attached hydrogen (secondary N) is 2. The molecule has 5 nitrogen and oxygen atoms in total. The van der Waals surface area contributed by atoms with Crippen LogP contribution in [0.15, 0.2) is 24.3 Å². The van der Waals surface area contributed by atoms with E-state index in [1.807, 2.05) is 24.3 Å². The molecule has 1 atom stereocenters. The molecule has 0 unspecified atom stereocenters. The van der Waals surface area contributed by atoms with E-state index in [1.54, 1.807) is 0 Å². The summed E-state index contributed by atoms with van der Waals surface area (Å²) in [7, 11) is 0. The van der Waals surface area contributed by atoms with Crippen LogP contribution in [-0.4, -0.2) is 28.7 Å². The van der Waals surface area contributed by atoms with Crippen LogP contribution in [0.3, 0.4) is 0 Å². The zero-order valence-corrected chi connectivity index (χ0v) is 12.9. The summed E-state index contributed by atoms with van der Waals surface area (Å²) in [5, 5.41) is 16.1. The summed E-state index contributed by atoms with van der Waals surface area (Å²) in [5.41, 5.74) is 0.938. The van der Waals surface area contributed by atoms with E-state index in [1.165, 1.54) is 11.3 Å². The average molecular weight is 323 g/mol. The molecule has 3 rings (SSSR count). The second-order valence-corrected chi connectivity index (χ2v) is 6.32. The number of hydrogen-bond acceptors (Lipinski definition) is 5. The standard InChI is InChI=1S/C14H15ClN4OS/c15-10-6-4-9(5-7-10)13-18-19-14(21-13)17-12(20)11-3-1-2-8-16-11/h4-7,11,16H,1-3,8H2,(H,17,19,20)/t11-/m0/s1. The number of aromatic nitrogens is 2. The SMILES string of the molecule is O=C(Nc1nnc(-c2ccc(Cl)cc2)s1)[C@@H]1CCCCN1. The van der Waals surface area contributed by atoms with Crippen LogP contribution in [0, 0.1) is 0 Å². The van der Waals surface area contributed by atoms with Crippen molar-refractivity contribution >= 4 is 34.0 Å². The largest absolute Gasteiger partial charge is 0.306 e. The van der Waals surface area contributed by atoms with Crippen molar-refractivity contribution in [3.8, 4) is 10.6 Å². The van der Waals surface area contributed by atoms with Crippen LogP contribution >= 0.6 is 22.9 Å². The Kier molecular flexibility index (Phi) is 4.48. The maximum absolute atomic E-state index is 12.1. The van der Waals surface area contributed by atoms with Crippen LogP contribution in [0.4, 0.5) is 5.13 Å². The van der Waals surface area contributed by atoms with Gasteiger partial charge in [0, 0.05) is 10.6 Å². The van der Waals surface area contributed by atoms with Crippen molar-refractivity contribution in [2.24, 2.45) is 0 Å². The molecular formula is C14H15ClN4OS. The first-order valence-corrected chi connectivity index (χ1v) is 8.05. The monoisotopic (exact) mass is 322 g/mol. The average Bonchev–Trinajstić information content (AvgIpc) is 2.97. The highest BCUT2D eigenvalue weighted by molar-refractivity contribution is 7.18. The molecule has 0 saturated carbocycles. The van der Waals surface area contributed by atoms with Crippen molar-refractivity contribution in [2.75, 3.05) is 11.9 Å². The third kappa shape index (κ3) is 3.58. The normalized spacial score (nSPS) is 18.4. The van der Waals surface area contributed by atoms with Crippen LogP contribution in [0.1, 0.15) is 19.3 Å². The summed E-state index contributed by atoms with van der Waals surface area (Å²) in [5.74, 6) is -0.0338. The third-order valence-electron chi connectivity index (χ3n) is 3.37. The minimum Gasteiger partial charge on any atom is -0.306 e. The first-order valence-electron chi connectivity index (χ1n) is 6.86. The lowest BCUT2D eigenvalue weighted by Crippen LogP contribution is -2.43. The van der Waals surface area contributed by atoms with E-state index in [0.29, 0.717) is 10.2 Å². The number of nitrogens with zero attached hydrogens (tertiary/aromatic N) is 2. The smallest absolute Gasteiger partial charge is 0.243 e. The number of benzene rings is 1. The maximum Gasteiger partial charge on any atom is 0.243 e. The molecule has 7 heteroatoms. The Labute approximate surface area is 131 Å². The summed E-state index contributed by atoms with van der Waals surface area (Å²) in [6.07, 6.45) is 3.08. The summed E-state index contributed by atoms with van der Waals surface area (Å²) in [6, 6.07) is 7.26. The number of piperidine rings is 1. The minimum atomic E-state index is -0.123. The summed E-state index contributed by atoms with van der Waals surface area (Å²) >= 11 is 7.22. The number of amides is 1. The Morgan fingerprint density at radius 1 is 1.29 bits per heavy atom. The molecule has 2 N–H and O–H groups in total. The van der Waals surface area contributed by atoms with E-state index in [2.05, 4.69) is 20.8 Å². The number of anilines is 1. The van der Waals surface area contributed by atoms with Gasteiger partial charge in [-0.05, 0) is 31.5 Å². The molecule has 1 aliphatic heterocycles. The number of rotatable bonds is 3. The summed E-state index contributed by atoms with van der Waals surface area (Å²) in [4.78, 5) is 12.1. The van der Waals surface area contributed by atoms with Crippen molar-refractivity contribution < 1.29 is 4.79 Å². The zero-order valence-electron chi connectivity index (χ0n) is 11.3. The van der Waals surface area contributed by atoms with E-state index >= 15 is 0 Å². The van der Waals surface area contributed by atoms with Crippen LogP contribution in [0.5, 0.6) is 0 Å². The first-order chi connectivity index (χ1) is 10.2. The first kappa shape index (κ1) is 14.4. The lowest BCUT2D eigenvalue weighted by atomic mass is 10.0. The Balaban J connectivity index is 1.67. The van der Waals surface area contributed by atoms with Crippen molar-refractivity contribution in [1.29, 1.82) is 0 Å². The lowest BCUT2D eigenvalue weighted by Gasteiger charge is -2.21. The Bertz CT molecular complexity index is 622. The van der Waals surface area contributed by atoms with Gasteiger partial charge in [-0.25, -0.2) is 0 Å². The molecule has 0 aliphatic carbocycles. The van der Waals surface area contributed by atoms with Crippen LogP contribution in [-0.2, 0) is 4.79 Å². The molecule has 1 fully saturated rings. The molecule has 0 spiro atoms. The molecule has 1 saturated heterocycles. The number of halogens is 1. The van der Waals surface area contributed by atoms with Gasteiger partial charge in [-0.15, -0.1) is 10.2 Å². The topological polar surface area (TPSA) is 66.9 Å². The van der Waals surface area contributed by atoms with E-state index in [0.717, 1.165) is 36.4 Å². The van der Waals surface area contributed by atoms with Crippen molar-refractivity contribution in [3.63, 3.8) is 0 Å². The molecule has 1 amide bonds. The highest BCUT2D eigenvalue weighted by atomic mass is 35.5. The molecule has 110 valence electrons. The van der Waals surface area contributed by atoms with E-state index in [4.69, 9.17) is 11.6 Å². The number of carbonyl (C=O) groups excluding carboxylic acids is 1. The molecule has 1 aromatic carbocycles. The fourth-order valence-corrected chi connectivity index (χ4v) is 3.13. The Hall–Kier alpha value is -1.50. The van der Waals surface area contributed by atoms with Gasteiger partial charge in [0.15, 0.2) is 0 Å². The second kappa shape index (κ2) is 6.51. The second-order valence-electron chi connectivity index (χ2n) is 4.91. The van der Waals surface area contributed by atoms with E-state index < -0.39 is 0 Å². The molecule has 2 aromatic rings. The predicted molar refractivity (Wildman–Crippen MR) is 84.6 cm³/mol. The van der Waals surface area contributed by atoms with Crippen LogP contribution < -0.4 is 10.6 Å². The molecular weight excluding hydrogens is 308 g/mol. The van der Waals surface area contributed by atoms with Gasteiger partial charge in [-0.1, -0.05) is 41.5 Å². The Morgan fingerprint density at radius 2 is 2.10 bits per heavy atom. The molecule has 1 aromatic heterocycles. The molecule has 2 heterocycles. The van der Waals surface area contributed by atoms with Gasteiger partial charge in [-0.3, -0.25) is 10.1 Å². The number of carbonyl (C=O) groups is 1. The quantitative estimate of drug-likeness (QED) is 0.911. The highest BCUT2D eigenvalue weighted by Gasteiger charge is 2.21. The third-order valence-corrected chi connectivity index (χ3v) is 4.51. The fourth-order valence-electron chi connectivity index (χ4n) is 2.25. The molecule has 21 heavy (non-hydrogen) atoms.